The van der Waals surface area contributed by atoms with E-state index in [1.54, 1.807) is 0 Å². The van der Waals surface area contributed by atoms with Crippen molar-refractivity contribution in [2.24, 2.45) is 0 Å². The molecule has 0 radical (unpaired) electrons. The van der Waals surface area contributed by atoms with Gasteiger partial charge in [-0.25, -0.2) is 0 Å². The number of benzene rings is 1. The number of halogens is 1. The first-order chi connectivity index (χ1) is 12.7. The second kappa shape index (κ2) is 8.80. The van der Waals surface area contributed by atoms with Gasteiger partial charge in [0, 0.05) is 19.1 Å². The fraction of sp³-hybridized carbons (Fsp3) is 0.579. The first kappa shape index (κ1) is 19.8. The lowest BCUT2D eigenvalue weighted by Gasteiger charge is -2.35. The lowest BCUT2D eigenvalue weighted by Crippen LogP contribution is -2.53. The van der Waals surface area contributed by atoms with E-state index < -0.39 is 6.10 Å². The van der Waals surface area contributed by atoms with Crippen molar-refractivity contribution < 1.29 is 19.1 Å². The summed E-state index contributed by atoms with van der Waals surface area (Å²) >= 11 is 0. The van der Waals surface area contributed by atoms with Gasteiger partial charge in [-0.15, -0.1) is 12.4 Å². The molecule has 0 saturated carbocycles. The summed E-state index contributed by atoms with van der Waals surface area (Å²) in [5.74, 6) is 1.34. The molecule has 0 aromatic heterocycles. The SMILES string of the molecule is Cl.O=C(NC1CCN(C(=O)C2COc3ccccc3O2)CC1)C1CCCN1. The summed E-state index contributed by atoms with van der Waals surface area (Å²) in [6.07, 6.45) is 2.91. The molecule has 2 amide bonds. The Morgan fingerprint density at radius 3 is 2.56 bits per heavy atom. The predicted molar refractivity (Wildman–Crippen MR) is 102 cm³/mol. The number of hydrogen-bond donors (Lipinski definition) is 2. The third kappa shape index (κ3) is 4.47. The maximum absolute atomic E-state index is 12.7. The average Bonchev–Trinajstić information content (AvgIpc) is 3.23. The van der Waals surface area contributed by atoms with Gasteiger partial charge in [0.2, 0.25) is 12.0 Å². The van der Waals surface area contributed by atoms with Crippen LogP contribution in [-0.2, 0) is 9.59 Å². The van der Waals surface area contributed by atoms with Crippen molar-refractivity contribution in [3.8, 4) is 11.5 Å². The van der Waals surface area contributed by atoms with E-state index >= 15 is 0 Å². The Labute approximate surface area is 165 Å². The molecule has 4 rings (SSSR count). The van der Waals surface area contributed by atoms with Gasteiger partial charge in [-0.3, -0.25) is 9.59 Å². The van der Waals surface area contributed by atoms with Crippen LogP contribution in [0.1, 0.15) is 25.7 Å². The number of piperidine rings is 1. The van der Waals surface area contributed by atoms with Crippen molar-refractivity contribution in [2.75, 3.05) is 26.2 Å². The van der Waals surface area contributed by atoms with Crippen molar-refractivity contribution in [1.82, 2.24) is 15.5 Å². The number of nitrogens with zero attached hydrogens (tertiary/aromatic N) is 1. The Balaban J connectivity index is 0.00000210. The molecule has 1 aromatic carbocycles. The molecule has 2 N–H and O–H groups in total. The number of nitrogens with one attached hydrogen (secondary N) is 2. The Hall–Kier alpha value is -1.99. The normalized spacial score (nSPS) is 24.8. The topological polar surface area (TPSA) is 79.9 Å². The highest BCUT2D eigenvalue weighted by Crippen LogP contribution is 2.31. The minimum Gasteiger partial charge on any atom is -0.485 e. The van der Waals surface area contributed by atoms with Gasteiger partial charge in [-0.2, -0.15) is 0 Å². The van der Waals surface area contributed by atoms with E-state index in [0.717, 1.165) is 32.2 Å². The van der Waals surface area contributed by atoms with Crippen LogP contribution in [0.25, 0.3) is 0 Å². The standard InChI is InChI=1S/C19H25N3O4.ClH/c23-18(14-4-3-9-20-14)21-13-7-10-22(11-8-13)19(24)17-12-25-15-5-1-2-6-16(15)26-17;/h1-2,5-6,13-14,17,20H,3-4,7-12H2,(H,21,23);1H. The monoisotopic (exact) mass is 395 g/mol. The van der Waals surface area contributed by atoms with Crippen molar-refractivity contribution in [3.63, 3.8) is 0 Å². The molecule has 0 bridgehead atoms. The van der Waals surface area contributed by atoms with Crippen LogP contribution in [0.15, 0.2) is 24.3 Å². The third-order valence-corrected chi connectivity index (χ3v) is 5.31. The van der Waals surface area contributed by atoms with Crippen LogP contribution in [0.5, 0.6) is 11.5 Å². The number of hydrogen-bond acceptors (Lipinski definition) is 5. The summed E-state index contributed by atoms with van der Waals surface area (Å²) in [6, 6.07) is 7.48. The Morgan fingerprint density at radius 1 is 1.11 bits per heavy atom. The smallest absolute Gasteiger partial charge is 0.267 e. The summed E-state index contributed by atoms with van der Waals surface area (Å²) in [6.45, 7) is 2.41. The average molecular weight is 396 g/mol. The van der Waals surface area contributed by atoms with Crippen LogP contribution in [0, 0.1) is 0 Å². The molecule has 2 saturated heterocycles. The number of rotatable bonds is 3. The van der Waals surface area contributed by atoms with E-state index in [4.69, 9.17) is 9.47 Å². The number of likely N-dealkylation sites (tertiary alicyclic amines) is 1. The number of carbonyl (C=O) groups is 2. The molecule has 3 heterocycles. The Morgan fingerprint density at radius 2 is 1.85 bits per heavy atom. The minimum absolute atomic E-state index is 0. The van der Waals surface area contributed by atoms with Gasteiger partial charge in [0.15, 0.2) is 11.5 Å². The van der Waals surface area contributed by atoms with Gasteiger partial charge in [0.1, 0.15) is 6.61 Å². The predicted octanol–water partition coefficient (Wildman–Crippen LogP) is 1.11. The van der Waals surface area contributed by atoms with Crippen LogP contribution in [0.4, 0.5) is 0 Å². The lowest BCUT2D eigenvalue weighted by atomic mass is 10.0. The van der Waals surface area contributed by atoms with Crippen molar-refractivity contribution in [1.29, 1.82) is 0 Å². The van der Waals surface area contributed by atoms with Gasteiger partial charge in [-0.05, 0) is 44.4 Å². The van der Waals surface area contributed by atoms with E-state index in [9.17, 15) is 9.59 Å². The van der Waals surface area contributed by atoms with Gasteiger partial charge in [0.05, 0.1) is 6.04 Å². The van der Waals surface area contributed by atoms with E-state index in [0.29, 0.717) is 24.6 Å². The van der Waals surface area contributed by atoms with E-state index in [2.05, 4.69) is 10.6 Å². The molecule has 8 heteroatoms. The molecule has 7 nitrogen and oxygen atoms in total. The van der Waals surface area contributed by atoms with E-state index in [1.165, 1.54) is 0 Å². The number of fused-ring (bicyclic) bond motifs is 1. The van der Waals surface area contributed by atoms with E-state index in [1.807, 2.05) is 29.2 Å². The summed E-state index contributed by atoms with van der Waals surface area (Å²) in [7, 11) is 0. The molecule has 27 heavy (non-hydrogen) atoms. The molecular weight excluding hydrogens is 370 g/mol. The largest absolute Gasteiger partial charge is 0.485 e. The summed E-state index contributed by atoms with van der Waals surface area (Å²) in [4.78, 5) is 26.7. The highest BCUT2D eigenvalue weighted by Gasteiger charge is 2.34. The van der Waals surface area contributed by atoms with Crippen LogP contribution >= 0.6 is 12.4 Å². The zero-order valence-electron chi connectivity index (χ0n) is 15.2. The van der Waals surface area contributed by atoms with Crippen LogP contribution in [0.2, 0.25) is 0 Å². The molecule has 0 aliphatic carbocycles. The van der Waals surface area contributed by atoms with E-state index in [-0.39, 0.29) is 42.9 Å². The van der Waals surface area contributed by atoms with Crippen LogP contribution in [-0.4, -0.2) is 61.1 Å². The van der Waals surface area contributed by atoms with Crippen LogP contribution < -0.4 is 20.1 Å². The van der Waals surface area contributed by atoms with Crippen molar-refractivity contribution in [3.05, 3.63) is 24.3 Å². The quantitative estimate of drug-likeness (QED) is 0.801. The zero-order valence-corrected chi connectivity index (χ0v) is 16.0. The third-order valence-electron chi connectivity index (χ3n) is 5.31. The van der Waals surface area contributed by atoms with Gasteiger partial charge < -0.3 is 25.0 Å². The number of ether oxygens (including phenoxy) is 2. The number of amides is 2. The molecular formula is C19H26ClN3O4. The highest BCUT2D eigenvalue weighted by atomic mass is 35.5. The fourth-order valence-corrected chi connectivity index (χ4v) is 3.80. The summed E-state index contributed by atoms with van der Waals surface area (Å²) in [5.41, 5.74) is 0. The zero-order chi connectivity index (χ0) is 17.9. The maximum Gasteiger partial charge on any atom is 0.267 e. The molecule has 2 atom stereocenters. The second-order valence-electron chi connectivity index (χ2n) is 7.12. The minimum atomic E-state index is -0.598. The van der Waals surface area contributed by atoms with Crippen LogP contribution in [0.3, 0.4) is 0 Å². The maximum atomic E-state index is 12.7. The summed E-state index contributed by atoms with van der Waals surface area (Å²) < 4.78 is 11.5. The molecule has 3 aliphatic heterocycles. The fourth-order valence-electron chi connectivity index (χ4n) is 3.80. The lowest BCUT2D eigenvalue weighted by molar-refractivity contribution is -0.142. The first-order valence-corrected chi connectivity index (χ1v) is 9.42. The number of para-hydroxylation sites is 2. The first-order valence-electron chi connectivity index (χ1n) is 9.42. The Kier molecular flexibility index (Phi) is 6.44. The van der Waals surface area contributed by atoms with Gasteiger partial charge >= 0.3 is 0 Å². The Bertz CT molecular complexity index is 673. The number of carbonyl (C=O) groups excluding carboxylic acids is 2. The second-order valence-corrected chi connectivity index (χ2v) is 7.12. The highest BCUT2D eigenvalue weighted by molar-refractivity contribution is 5.85. The van der Waals surface area contributed by atoms with Gasteiger partial charge in [0.25, 0.3) is 5.91 Å². The molecule has 1 aromatic rings. The molecule has 3 aliphatic rings. The molecule has 2 fully saturated rings. The summed E-state index contributed by atoms with van der Waals surface area (Å²) in [5, 5.41) is 6.33. The van der Waals surface area contributed by atoms with Crippen molar-refractivity contribution >= 4 is 24.2 Å². The molecule has 0 spiro atoms. The molecule has 148 valence electrons. The molecule has 2 unspecified atom stereocenters. The van der Waals surface area contributed by atoms with Gasteiger partial charge in [-0.1, -0.05) is 12.1 Å². The van der Waals surface area contributed by atoms with Crippen molar-refractivity contribution in [2.45, 2.75) is 43.9 Å².